The molecule has 158 valence electrons. The predicted molar refractivity (Wildman–Crippen MR) is 122 cm³/mol. The zero-order valence-electron chi connectivity index (χ0n) is 17.4. The molecule has 0 unspecified atom stereocenters. The molecule has 2 aromatic carbocycles. The SMILES string of the molecule is Cn1c(=O)c2c(nc(N3CCc4ccccc4C3)n2Cc2ccc(Cl)cc2)n(C)c1=O. The van der Waals surface area contributed by atoms with E-state index >= 15 is 0 Å². The average molecular weight is 436 g/mol. The van der Waals surface area contributed by atoms with Gasteiger partial charge in [0, 0.05) is 32.2 Å². The zero-order valence-corrected chi connectivity index (χ0v) is 18.1. The topological polar surface area (TPSA) is 65.1 Å². The van der Waals surface area contributed by atoms with Crippen LogP contribution in [-0.4, -0.2) is 25.2 Å². The molecular weight excluding hydrogens is 414 g/mol. The smallest absolute Gasteiger partial charge is 0.332 e. The number of halogens is 1. The number of fused-ring (bicyclic) bond motifs is 2. The highest BCUT2D eigenvalue weighted by Crippen LogP contribution is 2.27. The Morgan fingerprint density at radius 3 is 2.42 bits per heavy atom. The van der Waals surface area contributed by atoms with Crippen LogP contribution in [0.1, 0.15) is 16.7 Å². The van der Waals surface area contributed by atoms with Crippen molar-refractivity contribution in [3.8, 4) is 0 Å². The molecule has 1 aliphatic rings. The van der Waals surface area contributed by atoms with Gasteiger partial charge in [0.15, 0.2) is 11.2 Å². The summed E-state index contributed by atoms with van der Waals surface area (Å²) >= 11 is 6.05. The summed E-state index contributed by atoms with van der Waals surface area (Å²) < 4.78 is 4.50. The van der Waals surface area contributed by atoms with Gasteiger partial charge in [-0.15, -0.1) is 0 Å². The number of anilines is 1. The fourth-order valence-electron chi connectivity index (χ4n) is 4.27. The van der Waals surface area contributed by atoms with Crippen LogP contribution in [0.15, 0.2) is 58.1 Å². The van der Waals surface area contributed by atoms with Gasteiger partial charge in [0.2, 0.25) is 5.95 Å². The van der Waals surface area contributed by atoms with Crippen molar-refractivity contribution in [2.24, 2.45) is 14.1 Å². The highest BCUT2D eigenvalue weighted by Gasteiger charge is 2.25. The molecule has 0 N–H and O–H groups in total. The molecule has 0 amide bonds. The molecule has 3 heterocycles. The van der Waals surface area contributed by atoms with Crippen LogP contribution in [0.5, 0.6) is 0 Å². The minimum atomic E-state index is -0.385. The van der Waals surface area contributed by atoms with Gasteiger partial charge < -0.3 is 4.90 Å². The summed E-state index contributed by atoms with van der Waals surface area (Å²) in [6.45, 7) is 1.94. The Kier molecular flexibility index (Phi) is 4.70. The molecule has 0 aliphatic carbocycles. The van der Waals surface area contributed by atoms with E-state index < -0.39 is 0 Å². The lowest BCUT2D eigenvalue weighted by atomic mass is 10.0. The van der Waals surface area contributed by atoms with E-state index in [0.717, 1.165) is 23.1 Å². The van der Waals surface area contributed by atoms with Crippen molar-refractivity contribution in [2.45, 2.75) is 19.5 Å². The number of nitrogens with zero attached hydrogens (tertiary/aromatic N) is 5. The maximum absolute atomic E-state index is 13.1. The molecule has 0 spiro atoms. The zero-order chi connectivity index (χ0) is 21.7. The van der Waals surface area contributed by atoms with Crippen LogP contribution in [0.2, 0.25) is 5.02 Å². The Morgan fingerprint density at radius 2 is 1.68 bits per heavy atom. The molecule has 0 radical (unpaired) electrons. The fraction of sp³-hybridized carbons (Fsp3) is 0.261. The molecular formula is C23H22ClN5O2. The van der Waals surface area contributed by atoms with Gasteiger partial charge in [-0.1, -0.05) is 48.0 Å². The lowest BCUT2D eigenvalue weighted by molar-refractivity contribution is 0.674. The summed E-state index contributed by atoms with van der Waals surface area (Å²) in [5.74, 6) is 0.692. The van der Waals surface area contributed by atoms with Crippen LogP contribution in [-0.2, 0) is 33.6 Å². The van der Waals surface area contributed by atoms with Crippen LogP contribution >= 0.6 is 11.6 Å². The molecule has 5 rings (SSSR count). The maximum atomic E-state index is 13.1. The third-order valence-corrected chi connectivity index (χ3v) is 6.25. The van der Waals surface area contributed by atoms with Crippen molar-refractivity contribution < 1.29 is 0 Å². The van der Waals surface area contributed by atoms with Crippen molar-refractivity contribution in [3.05, 3.63) is 91.1 Å². The molecule has 4 aromatic rings. The monoisotopic (exact) mass is 435 g/mol. The van der Waals surface area contributed by atoms with E-state index in [-0.39, 0.29) is 11.2 Å². The lowest BCUT2D eigenvalue weighted by Crippen LogP contribution is -2.37. The minimum absolute atomic E-state index is 0.344. The summed E-state index contributed by atoms with van der Waals surface area (Å²) in [6.07, 6.45) is 0.900. The van der Waals surface area contributed by atoms with E-state index in [1.54, 1.807) is 7.05 Å². The van der Waals surface area contributed by atoms with Gasteiger partial charge in [-0.2, -0.15) is 4.98 Å². The number of hydrogen-bond donors (Lipinski definition) is 0. The summed E-state index contributed by atoms with van der Waals surface area (Å²) in [5.41, 5.74) is 3.68. The van der Waals surface area contributed by atoms with Crippen molar-refractivity contribution in [2.75, 3.05) is 11.4 Å². The average Bonchev–Trinajstić information content (AvgIpc) is 3.16. The van der Waals surface area contributed by atoms with E-state index in [1.807, 2.05) is 34.9 Å². The molecule has 7 nitrogen and oxygen atoms in total. The third-order valence-electron chi connectivity index (χ3n) is 6.00. The first-order valence-corrected chi connectivity index (χ1v) is 10.5. The Hall–Kier alpha value is -3.32. The number of aromatic nitrogens is 4. The Labute approximate surface area is 183 Å². The summed E-state index contributed by atoms with van der Waals surface area (Å²) in [5, 5.41) is 0.658. The van der Waals surface area contributed by atoms with Gasteiger partial charge >= 0.3 is 5.69 Å². The van der Waals surface area contributed by atoms with E-state index in [9.17, 15) is 9.59 Å². The molecule has 0 saturated heterocycles. The van der Waals surface area contributed by atoms with Crippen molar-refractivity contribution in [1.29, 1.82) is 0 Å². The highest BCUT2D eigenvalue weighted by atomic mass is 35.5. The molecule has 0 saturated carbocycles. The molecule has 0 fully saturated rings. The summed E-state index contributed by atoms with van der Waals surface area (Å²) in [6, 6.07) is 15.9. The second kappa shape index (κ2) is 7.42. The van der Waals surface area contributed by atoms with Crippen molar-refractivity contribution in [1.82, 2.24) is 18.7 Å². The van der Waals surface area contributed by atoms with E-state index in [0.29, 0.717) is 35.2 Å². The molecule has 31 heavy (non-hydrogen) atoms. The van der Waals surface area contributed by atoms with Gasteiger partial charge in [0.05, 0.1) is 6.54 Å². The quantitative estimate of drug-likeness (QED) is 0.496. The Balaban J connectivity index is 1.71. The van der Waals surface area contributed by atoms with Gasteiger partial charge in [-0.25, -0.2) is 4.79 Å². The number of aryl methyl sites for hydroxylation is 1. The number of benzene rings is 2. The molecule has 0 bridgehead atoms. The van der Waals surface area contributed by atoms with Crippen LogP contribution in [0.25, 0.3) is 11.2 Å². The van der Waals surface area contributed by atoms with Crippen LogP contribution in [0.3, 0.4) is 0 Å². The molecule has 1 aliphatic heterocycles. The first kappa shape index (κ1) is 19.6. The van der Waals surface area contributed by atoms with Gasteiger partial charge in [-0.05, 0) is 35.2 Å². The third kappa shape index (κ3) is 3.25. The van der Waals surface area contributed by atoms with Crippen LogP contribution in [0.4, 0.5) is 5.95 Å². The Bertz CT molecular complexity index is 1420. The Morgan fingerprint density at radius 1 is 0.968 bits per heavy atom. The maximum Gasteiger partial charge on any atom is 0.332 e. The summed E-state index contributed by atoms with van der Waals surface area (Å²) in [4.78, 5) is 32.6. The van der Waals surface area contributed by atoms with E-state index in [2.05, 4.69) is 23.1 Å². The second-order valence-electron chi connectivity index (χ2n) is 7.94. The second-order valence-corrected chi connectivity index (χ2v) is 8.38. The minimum Gasteiger partial charge on any atom is -0.337 e. The molecule has 0 atom stereocenters. The number of hydrogen-bond acceptors (Lipinski definition) is 4. The fourth-order valence-corrected chi connectivity index (χ4v) is 4.39. The number of rotatable bonds is 3. The van der Waals surface area contributed by atoms with Crippen LogP contribution in [0, 0.1) is 0 Å². The summed E-state index contributed by atoms with van der Waals surface area (Å²) in [7, 11) is 3.15. The van der Waals surface area contributed by atoms with E-state index in [1.165, 1.54) is 22.7 Å². The van der Waals surface area contributed by atoms with Gasteiger partial charge in [-0.3, -0.25) is 18.5 Å². The first-order valence-electron chi connectivity index (χ1n) is 10.2. The largest absolute Gasteiger partial charge is 0.337 e. The normalized spacial score (nSPS) is 13.6. The van der Waals surface area contributed by atoms with Crippen LogP contribution < -0.4 is 16.1 Å². The standard InChI is InChI=1S/C23H22ClN5O2/c1-26-20-19(21(30)27(2)23(26)31)29(13-15-7-9-18(24)10-8-15)22(25-20)28-12-11-16-5-3-4-6-17(16)14-28/h3-10H,11-14H2,1-2H3. The van der Waals surface area contributed by atoms with Crippen molar-refractivity contribution >= 4 is 28.7 Å². The first-order chi connectivity index (χ1) is 14.9. The molecule has 8 heteroatoms. The van der Waals surface area contributed by atoms with E-state index in [4.69, 9.17) is 16.6 Å². The molecule has 2 aromatic heterocycles. The number of imidazole rings is 1. The van der Waals surface area contributed by atoms with Gasteiger partial charge in [0.25, 0.3) is 5.56 Å². The lowest BCUT2D eigenvalue weighted by Gasteiger charge is -2.30. The van der Waals surface area contributed by atoms with Crippen molar-refractivity contribution in [3.63, 3.8) is 0 Å². The predicted octanol–water partition coefficient (Wildman–Crippen LogP) is 2.70. The highest BCUT2D eigenvalue weighted by molar-refractivity contribution is 6.30. The van der Waals surface area contributed by atoms with Gasteiger partial charge in [0.1, 0.15) is 0 Å².